The molecule has 22 heavy (non-hydrogen) atoms. The second-order valence-corrected chi connectivity index (χ2v) is 6.16. The summed E-state index contributed by atoms with van der Waals surface area (Å²) in [6.07, 6.45) is 5.16. The molecule has 1 unspecified atom stereocenters. The van der Waals surface area contributed by atoms with Crippen LogP contribution in [0.2, 0.25) is 0 Å². The van der Waals surface area contributed by atoms with Crippen molar-refractivity contribution < 1.29 is 14.7 Å². The first-order valence-electron chi connectivity index (χ1n) is 8.03. The molecular weight excluding hydrogens is 280 g/mol. The molecule has 2 aliphatic rings. The maximum atomic E-state index is 12.0. The first-order valence-corrected chi connectivity index (χ1v) is 8.03. The largest absolute Gasteiger partial charge is 0.481 e. The van der Waals surface area contributed by atoms with Crippen LogP contribution in [0.3, 0.4) is 0 Å². The molecule has 0 aromatic heterocycles. The SMILES string of the molecule is O=C(O)C1CC(=O)N(c2ccc(N3CCCCCC3)cc2)C1. The summed E-state index contributed by atoms with van der Waals surface area (Å²) in [6, 6.07) is 7.95. The highest BCUT2D eigenvalue weighted by atomic mass is 16.4. The van der Waals surface area contributed by atoms with Gasteiger partial charge in [-0.15, -0.1) is 0 Å². The number of carboxylic acid groups (broad SMARTS) is 1. The fraction of sp³-hybridized carbons (Fsp3) is 0.529. The predicted molar refractivity (Wildman–Crippen MR) is 85.2 cm³/mol. The van der Waals surface area contributed by atoms with Crippen LogP contribution in [0.25, 0.3) is 0 Å². The second-order valence-electron chi connectivity index (χ2n) is 6.16. The van der Waals surface area contributed by atoms with E-state index in [0.29, 0.717) is 0 Å². The van der Waals surface area contributed by atoms with Gasteiger partial charge in [0.2, 0.25) is 5.91 Å². The van der Waals surface area contributed by atoms with Crippen molar-refractivity contribution in [2.75, 3.05) is 29.4 Å². The van der Waals surface area contributed by atoms with Gasteiger partial charge in [0.05, 0.1) is 5.92 Å². The van der Waals surface area contributed by atoms with Crippen LogP contribution >= 0.6 is 0 Å². The van der Waals surface area contributed by atoms with Crippen molar-refractivity contribution in [3.8, 4) is 0 Å². The Hall–Kier alpha value is -2.04. The summed E-state index contributed by atoms with van der Waals surface area (Å²) in [6.45, 7) is 2.45. The number of amides is 1. The zero-order chi connectivity index (χ0) is 15.5. The van der Waals surface area contributed by atoms with E-state index in [1.54, 1.807) is 4.90 Å². The third kappa shape index (κ3) is 3.08. The Labute approximate surface area is 130 Å². The van der Waals surface area contributed by atoms with Gasteiger partial charge < -0.3 is 14.9 Å². The number of hydrogen-bond donors (Lipinski definition) is 1. The van der Waals surface area contributed by atoms with Crippen LogP contribution in [0.1, 0.15) is 32.1 Å². The van der Waals surface area contributed by atoms with Gasteiger partial charge in [-0.1, -0.05) is 12.8 Å². The molecule has 1 atom stereocenters. The van der Waals surface area contributed by atoms with Gasteiger partial charge in [0, 0.05) is 37.4 Å². The molecule has 1 amide bonds. The number of anilines is 2. The molecule has 118 valence electrons. The van der Waals surface area contributed by atoms with Crippen LogP contribution in [0.4, 0.5) is 11.4 Å². The fourth-order valence-corrected chi connectivity index (χ4v) is 3.29. The standard InChI is InChI=1S/C17H22N2O3/c20-16-11-13(17(21)22)12-19(16)15-7-5-14(6-8-15)18-9-3-1-2-4-10-18/h5-8,13H,1-4,9-12H2,(H,21,22). The number of carbonyl (C=O) groups excluding carboxylic acids is 1. The van der Waals surface area contributed by atoms with Gasteiger partial charge in [-0.2, -0.15) is 0 Å². The van der Waals surface area contributed by atoms with Crippen molar-refractivity contribution in [1.82, 2.24) is 0 Å². The Balaban J connectivity index is 1.71. The van der Waals surface area contributed by atoms with Gasteiger partial charge in [-0.3, -0.25) is 9.59 Å². The Bertz CT molecular complexity index is 548. The normalized spacial score (nSPS) is 22.7. The summed E-state index contributed by atoms with van der Waals surface area (Å²) in [7, 11) is 0. The number of nitrogens with zero attached hydrogens (tertiary/aromatic N) is 2. The van der Waals surface area contributed by atoms with E-state index in [1.165, 1.54) is 31.4 Å². The molecule has 2 heterocycles. The second kappa shape index (κ2) is 6.38. The molecular formula is C17H22N2O3. The number of rotatable bonds is 3. The Kier molecular flexibility index (Phi) is 4.32. The summed E-state index contributed by atoms with van der Waals surface area (Å²) in [5.74, 6) is -1.58. The van der Waals surface area contributed by atoms with Crippen LogP contribution in [0, 0.1) is 5.92 Å². The number of hydrogen-bond acceptors (Lipinski definition) is 3. The van der Waals surface area contributed by atoms with Crippen molar-refractivity contribution in [3.05, 3.63) is 24.3 Å². The first-order chi connectivity index (χ1) is 10.6. The highest BCUT2D eigenvalue weighted by Gasteiger charge is 2.34. The maximum Gasteiger partial charge on any atom is 0.308 e. The molecule has 1 N–H and O–H groups in total. The van der Waals surface area contributed by atoms with Gasteiger partial charge in [-0.25, -0.2) is 0 Å². The zero-order valence-corrected chi connectivity index (χ0v) is 12.7. The predicted octanol–water partition coefficient (Wildman–Crippen LogP) is 2.50. The molecule has 5 nitrogen and oxygen atoms in total. The smallest absolute Gasteiger partial charge is 0.308 e. The van der Waals surface area contributed by atoms with Crippen LogP contribution < -0.4 is 9.80 Å². The molecule has 0 bridgehead atoms. The summed E-state index contributed by atoms with van der Waals surface area (Å²) < 4.78 is 0. The number of carbonyl (C=O) groups is 2. The van der Waals surface area contributed by atoms with E-state index in [2.05, 4.69) is 4.90 Å². The fourth-order valence-electron chi connectivity index (χ4n) is 3.29. The van der Waals surface area contributed by atoms with Gasteiger partial charge in [0.25, 0.3) is 0 Å². The molecule has 0 radical (unpaired) electrons. The highest BCUT2D eigenvalue weighted by Crippen LogP contribution is 2.28. The maximum absolute atomic E-state index is 12.0. The summed E-state index contributed by atoms with van der Waals surface area (Å²) in [5.41, 5.74) is 1.99. The Morgan fingerprint density at radius 3 is 2.14 bits per heavy atom. The van der Waals surface area contributed by atoms with E-state index < -0.39 is 11.9 Å². The topological polar surface area (TPSA) is 60.9 Å². The third-order valence-corrected chi connectivity index (χ3v) is 4.61. The Morgan fingerprint density at radius 2 is 1.59 bits per heavy atom. The van der Waals surface area contributed by atoms with E-state index in [4.69, 9.17) is 5.11 Å². The molecule has 0 spiro atoms. The molecule has 1 aromatic carbocycles. The molecule has 1 aromatic rings. The van der Waals surface area contributed by atoms with E-state index >= 15 is 0 Å². The minimum Gasteiger partial charge on any atom is -0.481 e. The molecule has 2 saturated heterocycles. The minimum absolute atomic E-state index is 0.100. The van der Waals surface area contributed by atoms with Gasteiger partial charge >= 0.3 is 5.97 Å². The van der Waals surface area contributed by atoms with Crippen molar-refractivity contribution in [1.29, 1.82) is 0 Å². The first kappa shape index (κ1) is 14.9. The van der Waals surface area contributed by atoms with Gasteiger partial charge in [0.15, 0.2) is 0 Å². The van der Waals surface area contributed by atoms with Crippen molar-refractivity contribution in [2.45, 2.75) is 32.1 Å². The number of carboxylic acids is 1. The van der Waals surface area contributed by atoms with Crippen LogP contribution in [0.5, 0.6) is 0 Å². The van der Waals surface area contributed by atoms with Crippen LogP contribution in [-0.2, 0) is 9.59 Å². The lowest BCUT2D eigenvalue weighted by Crippen LogP contribution is -2.26. The van der Waals surface area contributed by atoms with Crippen molar-refractivity contribution in [2.24, 2.45) is 5.92 Å². The zero-order valence-electron chi connectivity index (χ0n) is 12.7. The molecule has 5 heteroatoms. The molecule has 3 rings (SSSR count). The van der Waals surface area contributed by atoms with Crippen LogP contribution in [0.15, 0.2) is 24.3 Å². The quantitative estimate of drug-likeness (QED) is 0.932. The monoisotopic (exact) mass is 302 g/mol. The van der Waals surface area contributed by atoms with Gasteiger partial charge in [-0.05, 0) is 37.1 Å². The van der Waals surface area contributed by atoms with E-state index in [1.807, 2.05) is 24.3 Å². The van der Waals surface area contributed by atoms with Crippen LogP contribution in [-0.4, -0.2) is 36.6 Å². The van der Waals surface area contributed by atoms with Crippen molar-refractivity contribution in [3.63, 3.8) is 0 Å². The summed E-state index contributed by atoms with van der Waals surface area (Å²) >= 11 is 0. The molecule has 0 saturated carbocycles. The highest BCUT2D eigenvalue weighted by molar-refractivity contribution is 5.99. The molecule has 0 aliphatic carbocycles. The molecule has 2 aliphatic heterocycles. The third-order valence-electron chi connectivity index (χ3n) is 4.61. The summed E-state index contributed by atoms with van der Waals surface area (Å²) in [5, 5.41) is 9.05. The lowest BCUT2D eigenvalue weighted by Gasteiger charge is -2.24. The number of aliphatic carboxylic acids is 1. The number of benzene rings is 1. The van der Waals surface area contributed by atoms with E-state index in [0.717, 1.165) is 18.8 Å². The van der Waals surface area contributed by atoms with E-state index in [9.17, 15) is 9.59 Å². The average molecular weight is 302 g/mol. The average Bonchev–Trinajstić information content (AvgIpc) is 2.74. The van der Waals surface area contributed by atoms with Gasteiger partial charge in [0.1, 0.15) is 0 Å². The Morgan fingerprint density at radius 1 is 1.00 bits per heavy atom. The van der Waals surface area contributed by atoms with E-state index in [-0.39, 0.29) is 18.9 Å². The molecule has 2 fully saturated rings. The minimum atomic E-state index is -0.892. The lowest BCUT2D eigenvalue weighted by molar-refractivity contribution is -0.141. The summed E-state index contributed by atoms with van der Waals surface area (Å²) in [4.78, 5) is 27.0. The van der Waals surface area contributed by atoms with Crippen molar-refractivity contribution >= 4 is 23.3 Å². The lowest BCUT2D eigenvalue weighted by atomic mass is 10.1.